The molecule has 3 heteroatoms. The third kappa shape index (κ3) is 1.36. The minimum absolute atomic E-state index is 0.311. The number of aliphatic hydroxyl groups is 1. The van der Waals surface area contributed by atoms with Crippen molar-refractivity contribution in [3.05, 3.63) is 41.8 Å². The molecule has 1 N–H and O–H groups in total. The van der Waals surface area contributed by atoms with Crippen molar-refractivity contribution < 1.29 is 9.50 Å². The molecule has 1 aromatic heterocycles. The molecule has 0 amide bonds. The molecular weight excluding hydrogens is 181 g/mol. The van der Waals surface area contributed by atoms with E-state index in [1.54, 1.807) is 25.1 Å². The van der Waals surface area contributed by atoms with Gasteiger partial charge in [-0.2, -0.15) is 0 Å². The van der Waals surface area contributed by atoms with E-state index in [9.17, 15) is 9.50 Å². The molecule has 0 aliphatic carbocycles. The summed E-state index contributed by atoms with van der Waals surface area (Å²) in [6, 6.07) is 6.44. The molecule has 2 aromatic rings. The Bertz CT molecular complexity index is 468. The fourth-order valence-corrected chi connectivity index (χ4v) is 1.53. The molecule has 0 radical (unpaired) electrons. The van der Waals surface area contributed by atoms with Crippen LogP contribution in [-0.2, 0) is 0 Å². The van der Waals surface area contributed by atoms with E-state index in [1.807, 2.05) is 0 Å². The molecule has 14 heavy (non-hydrogen) atoms. The Morgan fingerprint density at radius 1 is 1.36 bits per heavy atom. The molecule has 0 bridgehead atoms. The lowest BCUT2D eigenvalue weighted by Gasteiger charge is -2.08. The van der Waals surface area contributed by atoms with E-state index < -0.39 is 6.10 Å². The first-order valence-corrected chi connectivity index (χ1v) is 4.41. The molecule has 0 aliphatic heterocycles. The van der Waals surface area contributed by atoms with Gasteiger partial charge in [-0.25, -0.2) is 4.39 Å². The van der Waals surface area contributed by atoms with Crippen molar-refractivity contribution in [3.8, 4) is 0 Å². The average Bonchev–Trinajstić information content (AvgIpc) is 2.17. The first-order valence-electron chi connectivity index (χ1n) is 4.41. The Labute approximate surface area is 81.0 Å². The number of fused-ring (bicyclic) bond motifs is 1. The zero-order chi connectivity index (χ0) is 10.1. The number of aromatic nitrogens is 1. The van der Waals surface area contributed by atoms with Crippen LogP contribution in [-0.4, -0.2) is 10.1 Å². The van der Waals surface area contributed by atoms with Gasteiger partial charge in [-0.3, -0.25) is 4.98 Å². The lowest BCUT2D eigenvalue weighted by atomic mass is 10.1. The summed E-state index contributed by atoms with van der Waals surface area (Å²) in [6.45, 7) is 1.65. The molecule has 0 saturated carbocycles. The van der Waals surface area contributed by atoms with Gasteiger partial charge in [-0.05, 0) is 24.6 Å². The zero-order valence-corrected chi connectivity index (χ0v) is 7.74. The fourth-order valence-electron chi connectivity index (χ4n) is 1.53. The monoisotopic (exact) mass is 191 g/mol. The van der Waals surface area contributed by atoms with Crippen LogP contribution in [0.2, 0.25) is 0 Å². The number of aliphatic hydroxyl groups excluding tert-OH is 1. The van der Waals surface area contributed by atoms with Gasteiger partial charge in [-0.1, -0.05) is 12.1 Å². The molecular formula is C11H10FNO. The van der Waals surface area contributed by atoms with Gasteiger partial charge in [0.15, 0.2) is 0 Å². The molecule has 0 spiro atoms. The van der Waals surface area contributed by atoms with Gasteiger partial charge in [0.25, 0.3) is 0 Å². The van der Waals surface area contributed by atoms with Crippen molar-refractivity contribution in [2.45, 2.75) is 13.0 Å². The van der Waals surface area contributed by atoms with E-state index in [0.29, 0.717) is 16.5 Å². The first-order chi connectivity index (χ1) is 6.70. The van der Waals surface area contributed by atoms with Crippen molar-refractivity contribution in [2.75, 3.05) is 0 Å². The summed E-state index contributed by atoms with van der Waals surface area (Å²) in [6.07, 6.45) is 0.898. The van der Waals surface area contributed by atoms with Crippen LogP contribution in [0.4, 0.5) is 4.39 Å². The predicted molar refractivity (Wildman–Crippen MR) is 52.3 cm³/mol. The summed E-state index contributed by atoms with van der Waals surface area (Å²) < 4.78 is 13.3. The maximum absolute atomic E-state index is 13.3. The number of hydrogen-bond donors (Lipinski definition) is 1. The van der Waals surface area contributed by atoms with E-state index in [-0.39, 0.29) is 5.82 Å². The molecule has 1 atom stereocenters. The molecule has 1 unspecified atom stereocenters. The minimum atomic E-state index is -0.609. The van der Waals surface area contributed by atoms with Crippen molar-refractivity contribution in [1.82, 2.24) is 4.98 Å². The molecule has 2 rings (SSSR count). The van der Waals surface area contributed by atoms with E-state index in [4.69, 9.17) is 0 Å². The Hall–Kier alpha value is -1.48. The summed E-state index contributed by atoms with van der Waals surface area (Å²) >= 11 is 0. The SMILES string of the molecule is CC(O)c1ccnc2c(F)cccc12. The third-order valence-corrected chi connectivity index (χ3v) is 2.21. The Morgan fingerprint density at radius 2 is 2.14 bits per heavy atom. The Balaban J connectivity index is 2.81. The van der Waals surface area contributed by atoms with Crippen molar-refractivity contribution in [1.29, 1.82) is 0 Å². The van der Waals surface area contributed by atoms with Crippen molar-refractivity contribution in [2.24, 2.45) is 0 Å². The van der Waals surface area contributed by atoms with Crippen molar-refractivity contribution in [3.63, 3.8) is 0 Å². The Morgan fingerprint density at radius 3 is 2.86 bits per heavy atom. The van der Waals surface area contributed by atoms with Gasteiger partial charge in [0.1, 0.15) is 11.3 Å². The maximum atomic E-state index is 13.3. The van der Waals surface area contributed by atoms with Gasteiger partial charge < -0.3 is 5.11 Å². The van der Waals surface area contributed by atoms with Gasteiger partial charge in [-0.15, -0.1) is 0 Å². The summed E-state index contributed by atoms with van der Waals surface area (Å²) in [5.41, 5.74) is 1.01. The lowest BCUT2D eigenvalue weighted by Crippen LogP contribution is -1.94. The predicted octanol–water partition coefficient (Wildman–Crippen LogP) is 2.43. The van der Waals surface area contributed by atoms with Gasteiger partial charge >= 0.3 is 0 Å². The van der Waals surface area contributed by atoms with Crippen LogP contribution < -0.4 is 0 Å². The highest BCUT2D eigenvalue weighted by molar-refractivity contribution is 5.82. The molecule has 0 aliphatic rings. The topological polar surface area (TPSA) is 33.1 Å². The first kappa shape index (κ1) is 9.09. The van der Waals surface area contributed by atoms with Crippen LogP contribution in [0, 0.1) is 5.82 Å². The largest absolute Gasteiger partial charge is 0.389 e. The van der Waals surface area contributed by atoms with Gasteiger partial charge in [0.2, 0.25) is 0 Å². The molecule has 72 valence electrons. The van der Waals surface area contributed by atoms with Crippen LogP contribution in [0.3, 0.4) is 0 Å². The van der Waals surface area contributed by atoms with Crippen LogP contribution >= 0.6 is 0 Å². The highest BCUT2D eigenvalue weighted by Gasteiger charge is 2.08. The van der Waals surface area contributed by atoms with Gasteiger partial charge in [0.05, 0.1) is 6.10 Å². The number of halogens is 1. The van der Waals surface area contributed by atoms with Crippen molar-refractivity contribution >= 4 is 10.9 Å². The van der Waals surface area contributed by atoms with E-state index in [2.05, 4.69) is 4.98 Å². The van der Waals surface area contributed by atoms with Crippen LogP contribution in [0.25, 0.3) is 10.9 Å². The number of nitrogens with zero attached hydrogens (tertiary/aromatic N) is 1. The number of rotatable bonds is 1. The second-order valence-corrected chi connectivity index (χ2v) is 3.21. The smallest absolute Gasteiger partial charge is 0.149 e. The zero-order valence-electron chi connectivity index (χ0n) is 7.74. The van der Waals surface area contributed by atoms with Crippen LogP contribution in [0.1, 0.15) is 18.6 Å². The Kier molecular flexibility index (Phi) is 2.17. The molecule has 1 aromatic carbocycles. The van der Waals surface area contributed by atoms with E-state index in [0.717, 1.165) is 0 Å². The third-order valence-electron chi connectivity index (χ3n) is 2.21. The highest BCUT2D eigenvalue weighted by atomic mass is 19.1. The number of benzene rings is 1. The fraction of sp³-hybridized carbons (Fsp3) is 0.182. The second-order valence-electron chi connectivity index (χ2n) is 3.21. The van der Waals surface area contributed by atoms with E-state index in [1.165, 1.54) is 12.3 Å². The van der Waals surface area contributed by atoms with Gasteiger partial charge in [0, 0.05) is 11.6 Å². The summed E-state index contributed by atoms with van der Waals surface area (Å²) in [5.74, 6) is -0.356. The normalized spacial score (nSPS) is 13.1. The standard InChI is InChI=1S/C11H10FNO/c1-7(14)8-5-6-13-11-9(8)3-2-4-10(11)12/h2-7,14H,1H3. The van der Waals surface area contributed by atoms with Crippen LogP contribution in [0.15, 0.2) is 30.5 Å². The minimum Gasteiger partial charge on any atom is -0.389 e. The quantitative estimate of drug-likeness (QED) is 0.750. The average molecular weight is 191 g/mol. The molecule has 0 saturated heterocycles. The second kappa shape index (κ2) is 3.35. The molecule has 1 heterocycles. The molecule has 2 nitrogen and oxygen atoms in total. The maximum Gasteiger partial charge on any atom is 0.149 e. The lowest BCUT2D eigenvalue weighted by molar-refractivity contribution is 0.201. The summed E-state index contributed by atoms with van der Waals surface area (Å²) in [4.78, 5) is 3.94. The number of pyridine rings is 1. The molecule has 0 fully saturated rings. The summed E-state index contributed by atoms with van der Waals surface area (Å²) in [7, 11) is 0. The number of hydrogen-bond acceptors (Lipinski definition) is 2. The van der Waals surface area contributed by atoms with Crippen LogP contribution in [0.5, 0.6) is 0 Å². The van der Waals surface area contributed by atoms with E-state index >= 15 is 0 Å². The highest BCUT2D eigenvalue weighted by Crippen LogP contribution is 2.23. The summed E-state index contributed by atoms with van der Waals surface area (Å²) in [5, 5.41) is 10.1. The number of para-hydroxylation sites is 1.